The average molecular weight is 356 g/mol. The summed E-state index contributed by atoms with van der Waals surface area (Å²) in [4.78, 5) is 13.1. The van der Waals surface area contributed by atoms with Crippen molar-refractivity contribution in [2.75, 3.05) is 16.4 Å². The lowest BCUT2D eigenvalue weighted by Crippen LogP contribution is -2.05. The molecule has 2 aromatic heterocycles. The van der Waals surface area contributed by atoms with Crippen molar-refractivity contribution in [3.05, 3.63) is 72.2 Å². The van der Waals surface area contributed by atoms with Crippen molar-refractivity contribution in [1.29, 1.82) is 0 Å². The number of nitrogen functional groups attached to an aromatic ring is 1. The number of nitrogens with zero attached hydrogens (tertiary/aromatic N) is 3. The van der Waals surface area contributed by atoms with Crippen LogP contribution in [0, 0.1) is 13.8 Å². The van der Waals surface area contributed by atoms with Gasteiger partial charge in [0.2, 0.25) is 0 Å². The quantitative estimate of drug-likeness (QED) is 0.491. The van der Waals surface area contributed by atoms with Crippen molar-refractivity contribution in [2.45, 2.75) is 13.8 Å². The van der Waals surface area contributed by atoms with Crippen LogP contribution in [0.2, 0.25) is 0 Å². The zero-order valence-electron chi connectivity index (χ0n) is 15.2. The van der Waals surface area contributed by atoms with Crippen LogP contribution in [0.5, 0.6) is 0 Å². The summed E-state index contributed by atoms with van der Waals surface area (Å²) in [6, 6.07) is 16.1. The number of fused-ring (bicyclic) bond motifs is 1. The van der Waals surface area contributed by atoms with Crippen LogP contribution in [0.3, 0.4) is 0 Å². The maximum absolute atomic E-state index is 6.33. The minimum atomic E-state index is 0.449. The number of benzene rings is 2. The first-order chi connectivity index (χ1) is 13.1. The number of anilines is 5. The van der Waals surface area contributed by atoms with E-state index in [0.717, 1.165) is 22.3 Å². The molecule has 4 rings (SSSR count). The first kappa shape index (κ1) is 16.8. The lowest BCUT2D eigenvalue weighted by Gasteiger charge is -2.14. The first-order valence-electron chi connectivity index (χ1n) is 8.67. The van der Waals surface area contributed by atoms with Crippen LogP contribution in [0.15, 0.2) is 61.1 Å². The van der Waals surface area contributed by atoms with Gasteiger partial charge < -0.3 is 16.4 Å². The molecule has 0 radical (unpaired) electrons. The summed E-state index contributed by atoms with van der Waals surface area (Å²) in [6.07, 6.45) is 3.26. The van der Waals surface area contributed by atoms with E-state index in [1.165, 1.54) is 17.5 Å². The monoisotopic (exact) mass is 356 g/mol. The Balaban J connectivity index is 1.67. The summed E-state index contributed by atoms with van der Waals surface area (Å²) >= 11 is 0. The van der Waals surface area contributed by atoms with E-state index in [0.29, 0.717) is 17.3 Å². The van der Waals surface area contributed by atoms with E-state index < -0.39 is 0 Å². The molecule has 2 aromatic carbocycles. The molecule has 6 heteroatoms. The highest BCUT2D eigenvalue weighted by Gasteiger charge is 2.11. The number of aryl methyl sites for hydroxylation is 2. The Kier molecular flexibility index (Phi) is 4.30. The van der Waals surface area contributed by atoms with Gasteiger partial charge in [-0.05, 0) is 49.2 Å². The zero-order valence-corrected chi connectivity index (χ0v) is 15.2. The maximum Gasteiger partial charge on any atom is 0.159 e. The Morgan fingerprint density at radius 2 is 1.52 bits per heavy atom. The highest BCUT2D eigenvalue weighted by Crippen LogP contribution is 2.30. The molecule has 0 bridgehead atoms. The molecule has 134 valence electrons. The molecule has 0 aliphatic carbocycles. The first-order valence-corrected chi connectivity index (χ1v) is 8.67. The number of rotatable bonds is 4. The maximum atomic E-state index is 6.33. The Bertz CT molecular complexity index is 1100. The minimum Gasteiger partial charge on any atom is -0.393 e. The minimum absolute atomic E-state index is 0.449. The van der Waals surface area contributed by atoms with Crippen LogP contribution in [0.4, 0.5) is 28.7 Å². The van der Waals surface area contributed by atoms with Gasteiger partial charge in [0.05, 0.1) is 11.2 Å². The third-order valence-corrected chi connectivity index (χ3v) is 4.25. The van der Waals surface area contributed by atoms with Gasteiger partial charge in [-0.2, -0.15) is 0 Å². The van der Waals surface area contributed by atoms with E-state index >= 15 is 0 Å². The van der Waals surface area contributed by atoms with Crippen LogP contribution >= 0.6 is 0 Å². The van der Waals surface area contributed by atoms with Crippen molar-refractivity contribution >= 4 is 39.6 Å². The fraction of sp³-hybridized carbons (Fsp3) is 0.0952. The Morgan fingerprint density at radius 1 is 0.815 bits per heavy atom. The second kappa shape index (κ2) is 6.92. The number of hydrogen-bond donors (Lipinski definition) is 3. The number of hydrogen-bond acceptors (Lipinski definition) is 6. The Morgan fingerprint density at radius 3 is 2.30 bits per heavy atom. The number of aromatic nitrogens is 3. The second-order valence-electron chi connectivity index (χ2n) is 6.49. The van der Waals surface area contributed by atoms with Crippen LogP contribution in [-0.2, 0) is 0 Å². The largest absolute Gasteiger partial charge is 0.393 e. The third-order valence-electron chi connectivity index (χ3n) is 4.25. The number of nitrogens with two attached hydrogens (primary N) is 1. The van der Waals surface area contributed by atoms with E-state index in [9.17, 15) is 0 Å². The van der Waals surface area contributed by atoms with Gasteiger partial charge in [0.1, 0.15) is 12.0 Å². The predicted molar refractivity (Wildman–Crippen MR) is 111 cm³/mol. The van der Waals surface area contributed by atoms with Crippen molar-refractivity contribution in [2.24, 2.45) is 0 Å². The summed E-state index contributed by atoms with van der Waals surface area (Å²) in [6.45, 7) is 4.12. The van der Waals surface area contributed by atoms with Crippen LogP contribution in [0.1, 0.15) is 11.1 Å². The molecular formula is C21H20N6. The molecule has 0 aliphatic rings. The second-order valence-corrected chi connectivity index (χ2v) is 6.49. The number of nitrogens with one attached hydrogen (secondary N) is 2. The van der Waals surface area contributed by atoms with E-state index in [1.807, 2.05) is 30.3 Å². The van der Waals surface area contributed by atoms with E-state index in [4.69, 9.17) is 5.73 Å². The molecule has 0 aliphatic heterocycles. The smallest absolute Gasteiger partial charge is 0.159 e. The Labute approximate surface area is 157 Å². The fourth-order valence-electron chi connectivity index (χ4n) is 3.11. The van der Waals surface area contributed by atoms with Gasteiger partial charge in [0.15, 0.2) is 11.6 Å². The predicted octanol–water partition coefficient (Wildman–Crippen LogP) is 4.71. The van der Waals surface area contributed by atoms with Crippen molar-refractivity contribution in [1.82, 2.24) is 15.0 Å². The molecule has 4 N–H and O–H groups in total. The van der Waals surface area contributed by atoms with Crippen molar-refractivity contribution in [3.8, 4) is 0 Å². The van der Waals surface area contributed by atoms with Crippen molar-refractivity contribution < 1.29 is 0 Å². The van der Waals surface area contributed by atoms with Gasteiger partial charge >= 0.3 is 0 Å². The average Bonchev–Trinajstić information content (AvgIpc) is 2.64. The molecule has 27 heavy (non-hydrogen) atoms. The molecule has 0 unspecified atom stereocenters. The lowest BCUT2D eigenvalue weighted by atomic mass is 10.1. The number of para-hydroxylation sites is 1. The summed E-state index contributed by atoms with van der Waals surface area (Å²) in [5.74, 6) is 1.10. The Hall–Kier alpha value is -3.67. The normalized spacial score (nSPS) is 10.7. The SMILES string of the molecule is Cc1cc(C)cc(Nc2ncnc(Nc3cccc4cccnc34)c2N)c1. The molecular weight excluding hydrogens is 336 g/mol. The van der Waals surface area contributed by atoms with Crippen LogP contribution in [-0.4, -0.2) is 15.0 Å². The molecule has 6 nitrogen and oxygen atoms in total. The number of pyridine rings is 1. The van der Waals surface area contributed by atoms with Gasteiger partial charge in [0, 0.05) is 17.3 Å². The standard InChI is InChI=1S/C21H20N6/c1-13-9-14(2)11-16(10-13)26-20-18(22)21(25-12-24-20)27-17-7-3-5-15-6-4-8-23-19(15)17/h3-12H,22H2,1-2H3,(H2,24,25,26,27). The van der Waals surface area contributed by atoms with E-state index in [-0.39, 0.29) is 0 Å². The zero-order chi connectivity index (χ0) is 18.8. The third kappa shape index (κ3) is 3.50. The summed E-state index contributed by atoms with van der Waals surface area (Å²) in [5.41, 5.74) is 11.8. The van der Waals surface area contributed by atoms with E-state index in [1.54, 1.807) is 6.20 Å². The molecule has 0 amide bonds. The molecule has 0 saturated heterocycles. The molecule has 0 atom stereocenters. The van der Waals surface area contributed by atoms with Crippen LogP contribution in [0.25, 0.3) is 10.9 Å². The van der Waals surface area contributed by atoms with Gasteiger partial charge in [-0.1, -0.05) is 24.3 Å². The van der Waals surface area contributed by atoms with Gasteiger partial charge in [-0.3, -0.25) is 4.98 Å². The fourth-order valence-corrected chi connectivity index (χ4v) is 3.11. The van der Waals surface area contributed by atoms with Crippen molar-refractivity contribution in [3.63, 3.8) is 0 Å². The summed E-state index contributed by atoms with van der Waals surface area (Å²) in [5, 5.41) is 7.62. The van der Waals surface area contributed by atoms with Gasteiger partial charge in [0.25, 0.3) is 0 Å². The van der Waals surface area contributed by atoms with Gasteiger partial charge in [-0.25, -0.2) is 9.97 Å². The molecule has 0 spiro atoms. The van der Waals surface area contributed by atoms with Gasteiger partial charge in [-0.15, -0.1) is 0 Å². The molecule has 0 saturated carbocycles. The molecule has 4 aromatic rings. The molecule has 0 fully saturated rings. The summed E-state index contributed by atoms with van der Waals surface area (Å²) in [7, 11) is 0. The highest BCUT2D eigenvalue weighted by atomic mass is 15.1. The van der Waals surface area contributed by atoms with E-state index in [2.05, 4.69) is 57.6 Å². The molecule has 2 heterocycles. The summed E-state index contributed by atoms with van der Waals surface area (Å²) < 4.78 is 0. The lowest BCUT2D eigenvalue weighted by molar-refractivity contribution is 1.17. The highest BCUT2D eigenvalue weighted by molar-refractivity contribution is 5.93. The van der Waals surface area contributed by atoms with Crippen LogP contribution < -0.4 is 16.4 Å². The topological polar surface area (TPSA) is 88.8 Å².